The molecule has 292 valence electrons. The average Bonchev–Trinajstić information content (AvgIpc) is 3.32. The van der Waals surface area contributed by atoms with Crippen LogP contribution >= 0.6 is 22.9 Å². The van der Waals surface area contributed by atoms with E-state index < -0.39 is 71.0 Å². The van der Waals surface area contributed by atoms with Gasteiger partial charge >= 0.3 is 6.18 Å². The number of hydrogen-bond acceptors (Lipinski definition) is 7. The van der Waals surface area contributed by atoms with Gasteiger partial charge in [0.1, 0.15) is 23.9 Å². The van der Waals surface area contributed by atoms with Crippen molar-refractivity contribution in [2.45, 2.75) is 69.6 Å². The number of halogens is 8. The number of nitrogens with zero attached hydrogens (tertiary/aromatic N) is 6. The molecule has 8 rings (SSSR count). The number of benzene rings is 2. The minimum atomic E-state index is -5.04. The number of hydrogen-bond donors (Lipinski definition) is 2. The fourth-order valence-corrected chi connectivity index (χ4v) is 8.81. The maximum Gasteiger partial charge on any atom is 0.435 e. The smallest absolute Gasteiger partial charge is 0.382 e. The molecule has 0 aliphatic heterocycles. The number of carbonyl (C=O) groups excluding carboxylic acids is 1. The third-order valence-electron chi connectivity index (χ3n) is 10.1. The Balaban J connectivity index is 1.28. The summed E-state index contributed by atoms with van der Waals surface area (Å²) >= 11 is 7.94. The van der Waals surface area contributed by atoms with Crippen LogP contribution in [-0.4, -0.2) is 35.4 Å². The number of pyridine rings is 1. The lowest BCUT2D eigenvalue weighted by Gasteiger charge is -2.23. The van der Waals surface area contributed by atoms with Crippen LogP contribution in [0.4, 0.5) is 36.6 Å². The number of carbonyl (C=O) groups is 1. The van der Waals surface area contributed by atoms with Crippen LogP contribution in [0.15, 0.2) is 48.7 Å². The Bertz CT molecular complexity index is 2550. The first-order chi connectivity index (χ1) is 26.2. The number of nitrogens with one attached hydrogen (secondary N) is 1. The molecule has 2 aromatic carbocycles. The molecule has 9 nitrogen and oxygen atoms in total. The highest BCUT2D eigenvalue weighted by Crippen LogP contribution is 2.68. The summed E-state index contributed by atoms with van der Waals surface area (Å²) in [4.78, 5) is 24.2. The number of amides is 1. The van der Waals surface area contributed by atoms with E-state index >= 15 is 8.78 Å². The Morgan fingerprint density at radius 3 is 2.43 bits per heavy atom. The van der Waals surface area contributed by atoms with E-state index in [0.717, 1.165) is 17.1 Å². The predicted molar refractivity (Wildman–Crippen MR) is 196 cm³/mol. The van der Waals surface area contributed by atoms with E-state index in [1.807, 2.05) is 20.8 Å². The molecule has 18 heteroatoms. The van der Waals surface area contributed by atoms with Gasteiger partial charge < -0.3 is 11.1 Å². The van der Waals surface area contributed by atoms with E-state index in [0.29, 0.717) is 48.4 Å². The van der Waals surface area contributed by atoms with Gasteiger partial charge in [0, 0.05) is 47.3 Å². The number of anilines is 1. The number of thiazole rings is 1. The molecule has 3 atom stereocenters. The molecule has 1 saturated carbocycles. The van der Waals surface area contributed by atoms with Gasteiger partial charge in [0.25, 0.3) is 5.92 Å². The van der Waals surface area contributed by atoms with E-state index in [9.17, 15) is 26.7 Å². The molecule has 0 saturated heterocycles. The maximum atomic E-state index is 15.4. The van der Waals surface area contributed by atoms with Crippen LogP contribution in [0.25, 0.3) is 32.6 Å². The van der Waals surface area contributed by atoms with Gasteiger partial charge in [-0.25, -0.2) is 18.7 Å². The Morgan fingerprint density at radius 2 is 1.77 bits per heavy atom. The van der Waals surface area contributed by atoms with Crippen molar-refractivity contribution in [2.75, 3.05) is 5.73 Å². The van der Waals surface area contributed by atoms with E-state index in [-0.39, 0.29) is 35.3 Å². The lowest BCUT2D eigenvalue weighted by molar-refractivity contribution is -0.142. The number of alkyl halides is 5. The van der Waals surface area contributed by atoms with Crippen LogP contribution in [0.3, 0.4) is 0 Å². The van der Waals surface area contributed by atoms with Gasteiger partial charge in [-0.3, -0.25) is 14.2 Å². The Hall–Kier alpha value is -5.03. The summed E-state index contributed by atoms with van der Waals surface area (Å²) in [6.45, 7) is 4.98. The summed E-state index contributed by atoms with van der Waals surface area (Å²) in [7, 11) is 1.65. The van der Waals surface area contributed by atoms with Gasteiger partial charge in [-0.05, 0) is 48.6 Å². The number of nitrogen functional groups attached to an aromatic ring is 1. The Morgan fingerprint density at radius 1 is 1.07 bits per heavy atom. The van der Waals surface area contributed by atoms with Crippen LogP contribution in [-0.2, 0) is 42.3 Å². The Labute approximate surface area is 323 Å². The van der Waals surface area contributed by atoms with E-state index in [4.69, 9.17) is 22.3 Å². The van der Waals surface area contributed by atoms with E-state index in [2.05, 4.69) is 20.5 Å². The molecule has 2 aliphatic carbocycles. The van der Waals surface area contributed by atoms with Crippen molar-refractivity contribution in [2.24, 2.45) is 13.0 Å². The zero-order valence-corrected chi connectivity index (χ0v) is 31.6. The molecule has 0 spiro atoms. The summed E-state index contributed by atoms with van der Waals surface area (Å²) < 4.78 is 104. The van der Waals surface area contributed by atoms with Gasteiger partial charge in [0.15, 0.2) is 11.5 Å². The largest absolute Gasteiger partial charge is 0.435 e. The predicted octanol–water partition coefficient (Wildman–Crippen LogP) is 9.09. The normalized spacial score (nSPS) is 17.9. The molecule has 56 heavy (non-hydrogen) atoms. The number of aryl methyl sites for hydroxylation is 1. The number of fused-ring (bicyclic) bond motifs is 4. The number of nitrogens with two attached hydrogens (primary N) is 1. The quantitative estimate of drug-likeness (QED) is 0.148. The molecule has 0 bridgehead atoms. The van der Waals surface area contributed by atoms with Crippen LogP contribution in [0, 0.1) is 17.6 Å². The van der Waals surface area contributed by atoms with Crippen LogP contribution < -0.4 is 11.1 Å². The minimum Gasteiger partial charge on any atom is -0.382 e. The highest BCUT2D eigenvalue weighted by molar-refractivity contribution is 7.15. The second kappa shape index (κ2) is 13.0. The molecule has 0 radical (unpaired) electrons. The molecule has 0 unspecified atom stereocenters. The van der Waals surface area contributed by atoms with Gasteiger partial charge in [-0.2, -0.15) is 32.1 Å². The highest BCUT2D eigenvalue weighted by atomic mass is 35.5. The summed E-state index contributed by atoms with van der Waals surface area (Å²) in [5.41, 5.74) is 5.05. The molecule has 6 aromatic rings. The van der Waals surface area contributed by atoms with Crippen molar-refractivity contribution in [3.05, 3.63) is 98.5 Å². The minimum absolute atomic E-state index is 0.0933. The molecule has 4 heterocycles. The summed E-state index contributed by atoms with van der Waals surface area (Å²) in [5.74, 6) is -8.62. The average molecular weight is 817 g/mol. The maximum absolute atomic E-state index is 15.4. The first-order valence-corrected chi connectivity index (χ1v) is 18.6. The van der Waals surface area contributed by atoms with Crippen molar-refractivity contribution in [3.63, 3.8) is 0 Å². The lowest BCUT2D eigenvalue weighted by atomic mass is 9.93. The first-order valence-electron chi connectivity index (χ1n) is 17.4. The van der Waals surface area contributed by atoms with Gasteiger partial charge in [-0.1, -0.05) is 44.5 Å². The SMILES string of the molecule is Cn1nc(N)c2c(Cl)ccc(-c3ccc(-c4cnc(C(C)(C)C)s4)nc3[C@H](Cc3cc(F)cc(F)c3)NC(=O)Cn3nc(C(F)(F)F)c4c3C(F)(F)[C@@H]3C[C@H]43)c21. The van der Waals surface area contributed by atoms with Crippen LogP contribution in [0.5, 0.6) is 0 Å². The van der Waals surface area contributed by atoms with Crippen molar-refractivity contribution in [1.29, 1.82) is 0 Å². The van der Waals surface area contributed by atoms with Crippen molar-refractivity contribution in [1.82, 2.24) is 34.8 Å². The molecular formula is C38H32ClF7N8OS. The molecule has 1 amide bonds. The van der Waals surface area contributed by atoms with Crippen LogP contribution in [0.1, 0.15) is 72.4 Å². The molecule has 1 fully saturated rings. The Kier molecular flexibility index (Phi) is 8.80. The highest BCUT2D eigenvalue weighted by Gasteiger charge is 2.68. The monoisotopic (exact) mass is 816 g/mol. The lowest BCUT2D eigenvalue weighted by Crippen LogP contribution is -2.35. The summed E-state index contributed by atoms with van der Waals surface area (Å²) in [6.07, 6.45) is -3.79. The number of aromatic nitrogens is 6. The third-order valence-corrected chi connectivity index (χ3v) is 11.9. The molecule has 2 aliphatic rings. The van der Waals surface area contributed by atoms with E-state index in [1.165, 1.54) is 16.0 Å². The molecule has 4 aromatic heterocycles. The van der Waals surface area contributed by atoms with Gasteiger partial charge in [-0.15, -0.1) is 11.3 Å². The zero-order chi connectivity index (χ0) is 40.2. The summed E-state index contributed by atoms with van der Waals surface area (Å²) in [6, 6.07) is 8.32. The van der Waals surface area contributed by atoms with E-state index in [1.54, 1.807) is 37.5 Å². The topological polar surface area (TPSA) is 117 Å². The van der Waals surface area contributed by atoms with Crippen molar-refractivity contribution in [3.8, 4) is 21.7 Å². The van der Waals surface area contributed by atoms with Crippen LogP contribution in [0.2, 0.25) is 5.02 Å². The third kappa shape index (κ3) is 6.47. The fourth-order valence-electron chi connectivity index (χ4n) is 7.62. The second-order valence-corrected chi connectivity index (χ2v) is 16.6. The van der Waals surface area contributed by atoms with Crippen molar-refractivity contribution < 1.29 is 35.5 Å². The van der Waals surface area contributed by atoms with Gasteiger partial charge in [0.05, 0.1) is 43.2 Å². The summed E-state index contributed by atoms with van der Waals surface area (Å²) in [5, 5.41) is 12.1. The molecule has 3 N–H and O–H groups in total. The van der Waals surface area contributed by atoms with Gasteiger partial charge in [0.2, 0.25) is 5.91 Å². The van der Waals surface area contributed by atoms with Crippen molar-refractivity contribution >= 4 is 45.6 Å². The zero-order valence-electron chi connectivity index (χ0n) is 30.1. The second-order valence-electron chi connectivity index (χ2n) is 15.2. The standard InChI is InChI=1S/C38H32ClF7N8OS/c1-36(2,3)35-48-14-26(56-35)24-8-6-19(20-5-7-23(39)29-31(20)53(4)52-34(29)47)30(50-24)25(11-16-9-17(40)12-18(41)10-16)49-27(55)15-54-33-28(32(51-54)38(44,45)46)21-13-22(21)37(33,42)43/h5-10,12,14,21-22,25H,11,13,15H2,1-4H3,(H2,47,52)(H,49,55)/t21-,22+,25-/m0/s1. The first kappa shape index (κ1) is 37.9. The molecular weight excluding hydrogens is 785 g/mol. The fraction of sp³-hybridized carbons (Fsp3) is 0.342. The number of rotatable bonds is 8.